The first-order valence-electron chi connectivity index (χ1n) is 12.1. The fourth-order valence-corrected chi connectivity index (χ4v) is 4.78. The third-order valence-corrected chi connectivity index (χ3v) is 6.93. The number of nitrogens with one attached hydrogen (secondary N) is 2. The van der Waals surface area contributed by atoms with E-state index >= 15 is 0 Å². The number of aromatic nitrogens is 1. The van der Waals surface area contributed by atoms with Gasteiger partial charge in [0.05, 0.1) is 11.3 Å². The number of carbonyl (C=O) groups excluding carboxylic acids is 1. The van der Waals surface area contributed by atoms with Crippen LogP contribution in [-0.4, -0.2) is 24.0 Å². The third-order valence-electron chi connectivity index (χ3n) is 6.44. The van der Waals surface area contributed by atoms with Crippen molar-refractivity contribution in [2.75, 3.05) is 23.3 Å². The van der Waals surface area contributed by atoms with Crippen molar-refractivity contribution in [3.8, 4) is 11.1 Å². The molecular formula is C29H23Cl2F3N4O. The maximum atomic E-state index is 13.6. The highest BCUT2D eigenvalue weighted by molar-refractivity contribution is 6.30. The number of nitrogens with zero attached hydrogens (tertiary/aromatic N) is 2. The number of benzene rings is 3. The molecule has 39 heavy (non-hydrogen) atoms. The predicted molar refractivity (Wildman–Crippen MR) is 148 cm³/mol. The molecule has 0 saturated carbocycles. The molecule has 0 fully saturated rings. The summed E-state index contributed by atoms with van der Waals surface area (Å²) in [5, 5.41) is 7.06. The summed E-state index contributed by atoms with van der Waals surface area (Å²) in [4.78, 5) is 19.0. The summed E-state index contributed by atoms with van der Waals surface area (Å²) in [6.45, 7) is 1.44. The van der Waals surface area contributed by atoms with E-state index in [2.05, 4.69) is 15.6 Å². The van der Waals surface area contributed by atoms with E-state index < -0.39 is 11.7 Å². The summed E-state index contributed by atoms with van der Waals surface area (Å²) in [7, 11) is 0. The molecule has 2 heterocycles. The maximum absolute atomic E-state index is 13.6. The van der Waals surface area contributed by atoms with Gasteiger partial charge in [0.1, 0.15) is 0 Å². The molecule has 200 valence electrons. The zero-order chi connectivity index (χ0) is 27.6. The predicted octanol–water partition coefficient (Wildman–Crippen LogP) is 7.44. The Morgan fingerprint density at radius 1 is 0.949 bits per heavy atom. The van der Waals surface area contributed by atoms with Gasteiger partial charge < -0.3 is 15.5 Å². The van der Waals surface area contributed by atoms with Crippen molar-refractivity contribution in [1.82, 2.24) is 10.3 Å². The molecule has 0 bridgehead atoms. The second-order valence-electron chi connectivity index (χ2n) is 9.13. The lowest BCUT2D eigenvalue weighted by Crippen LogP contribution is -2.35. The van der Waals surface area contributed by atoms with Crippen molar-refractivity contribution in [2.24, 2.45) is 0 Å². The zero-order valence-electron chi connectivity index (χ0n) is 20.5. The molecule has 1 amide bonds. The van der Waals surface area contributed by atoms with Gasteiger partial charge in [-0.05, 0) is 65.2 Å². The van der Waals surface area contributed by atoms with E-state index in [1.807, 2.05) is 35.2 Å². The second kappa shape index (κ2) is 11.2. The minimum absolute atomic E-state index is 0.0241. The van der Waals surface area contributed by atoms with Gasteiger partial charge in [-0.15, -0.1) is 0 Å². The molecule has 3 aromatic carbocycles. The van der Waals surface area contributed by atoms with Crippen molar-refractivity contribution in [3.05, 3.63) is 111 Å². The van der Waals surface area contributed by atoms with Crippen molar-refractivity contribution in [2.45, 2.75) is 19.3 Å². The molecule has 5 rings (SSSR count). The Morgan fingerprint density at radius 2 is 1.67 bits per heavy atom. The smallest absolute Gasteiger partial charge is 0.380 e. The third kappa shape index (κ3) is 6.29. The first-order valence-corrected chi connectivity index (χ1v) is 12.9. The molecular weight excluding hydrogens is 548 g/mol. The number of carbonyl (C=O) groups is 1. The van der Waals surface area contributed by atoms with Crippen LogP contribution in [0.15, 0.2) is 79.0 Å². The second-order valence-corrected chi connectivity index (χ2v) is 10.0. The van der Waals surface area contributed by atoms with Gasteiger partial charge in [-0.1, -0.05) is 47.5 Å². The molecule has 2 N–H and O–H groups in total. The molecule has 5 nitrogen and oxygen atoms in total. The minimum Gasteiger partial charge on any atom is -0.380 e. The van der Waals surface area contributed by atoms with Gasteiger partial charge in [0, 0.05) is 53.5 Å². The van der Waals surface area contributed by atoms with E-state index in [-0.39, 0.29) is 23.0 Å². The number of halogens is 5. The van der Waals surface area contributed by atoms with Crippen molar-refractivity contribution in [1.29, 1.82) is 0 Å². The number of anilines is 2. The zero-order valence-corrected chi connectivity index (χ0v) is 22.0. The van der Waals surface area contributed by atoms with Gasteiger partial charge in [-0.3, -0.25) is 4.79 Å². The van der Waals surface area contributed by atoms with E-state index in [1.165, 1.54) is 12.1 Å². The summed E-state index contributed by atoms with van der Waals surface area (Å²) in [6.07, 6.45) is -2.80. The van der Waals surface area contributed by atoms with Gasteiger partial charge in [-0.2, -0.15) is 13.2 Å². The summed E-state index contributed by atoms with van der Waals surface area (Å²) < 4.78 is 40.7. The number of rotatable bonds is 6. The average molecular weight is 571 g/mol. The first kappa shape index (κ1) is 26.8. The van der Waals surface area contributed by atoms with Crippen molar-refractivity contribution >= 4 is 40.6 Å². The van der Waals surface area contributed by atoms with Crippen molar-refractivity contribution < 1.29 is 18.0 Å². The fourth-order valence-electron chi connectivity index (χ4n) is 4.46. The molecule has 1 aromatic heterocycles. The monoisotopic (exact) mass is 570 g/mol. The Hall–Kier alpha value is -3.75. The van der Waals surface area contributed by atoms with Crippen LogP contribution in [0.25, 0.3) is 11.1 Å². The minimum atomic E-state index is -4.48. The lowest BCUT2D eigenvalue weighted by atomic mass is 10.0. The topological polar surface area (TPSA) is 57.3 Å². The van der Waals surface area contributed by atoms with E-state index in [0.29, 0.717) is 36.0 Å². The van der Waals surface area contributed by atoms with Gasteiger partial charge in [-0.25, -0.2) is 4.98 Å². The Bertz CT molecular complexity index is 1490. The van der Waals surface area contributed by atoms with Gasteiger partial charge >= 0.3 is 6.18 Å². The van der Waals surface area contributed by atoms with Crippen LogP contribution in [-0.2, 0) is 19.3 Å². The number of alkyl halides is 3. The van der Waals surface area contributed by atoms with Crippen LogP contribution >= 0.6 is 23.2 Å². The standard InChI is InChI=1S/C29H23Cl2F3N4O/c30-23-7-1-18(2-8-23)15-37-28(39)20-5-3-19(4-6-20)21-14-26-27(36-16-21)38(12-11-35-26)17-22-13-24(31)9-10-25(22)29(32,33)34/h1-10,13-14,16,35H,11-12,15,17H2,(H,37,39). The summed E-state index contributed by atoms with van der Waals surface area (Å²) in [5.41, 5.74) is 3.24. The highest BCUT2D eigenvalue weighted by Crippen LogP contribution is 2.36. The molecule has 0 spiro atoms. The van der Waals surface area contributed by atoms with Crippen LogP contribution in [0.5, 0.6) is 0 Å². The molecule has 0 unspecified atom stereocenters. The van der Waals surface area contributed by atoms with E-state index in [0.717, 1.165) is 28.4 Å². The molecule has 10 heteroatoms. The SMILES string of the molecule is O=C(NCc1ccc(Cl)cc1)c1ccc(-c2cnc3c(c2)NCCN3Cc2cc(Cl)ccc2C(F)(F)F)cc1. The molecule has 0 saturated heterocycles. The van der Waals surface area contributed by atoms with Crippen LogP contribution in [0.3, 0.4) is 0 Å². The van der Waals surface area contributed by atoms with E-state index in [9.17, 15) is 18.0 Å². The number of hydrogen-bond acceptors (Lipinski definition) is 4. The number of hydrogen-bond donors (Lipinski definition) is 2. The Labute approximate surface area is 233 Å². The molecule has 0 aliphatic carbocycles. The van der Waals surface area contributed by atoms with E-state index in [4.69, 9.17) is 23.2 Å². The number of fused-ring (bicyclic) bond motifs is 1. The number of amides is 1. The average Bonchev–Trinajstić information content (AvgIpc) is 2.92. The van der Waals surface area contributed by atoms with Gasteiger partial charge in [0.2, 0.25) is 0 Å². The Morgan fingerprint density at radius 3 is 2.38 bits per heavy atom. The number of pyridine rings is 1. The van der Waals surface area contributed by atoms with Crippen LogP contribution in [0.2, 0.25) is 10.0 Å². The van der Waals surface area contributed by atoms with Gasteiger partial charge in [0.25, 0.3) is 5.91 Å². The molecule has 1 aliphatic rings. The fraction of sp³-hybridized carbons (Fsp3) is 0.172. The highest BCUT2D eigenvalue weighted by Gasteiger charge is 2.34. The lowest BCUT2D eigenvalue weighted by Gasteiger charge is -2.32. The summed E-state index contributed by atoms with van der Waals surface area (Å²) in [5.74, 6) is 0.368. The van der Waals surface area contributed by atoms with Crippen LogP contribution in [0.4, 0.5) is 24.7 Å². The molecule has 0 atom stereocenters. The van der Waals surface area contributed by atoms with Crippen LogP contribution < -0.4 is 15.5 Å². The quantitative estimate of drug-likeness (QED) is 0.253. The molecule has 0 radical (unpaired) electrons. The first-order chi connectivity index (χ1) is 18.7. The maximum Gasteiger partial charge on any atom is 0.416 e. The lowest BCUT2D eigenvalue weighted by molar-refractivity contribution is -0.138. The Kier molecular flexibility index (Phi) is 7.68. The summed E-state index contributed by atoms with van der Waals surface area (Å²) in [6, 6.07) is 19.9. The summed E-state index contributed by atoms with van der Waals surface area (Å²) >= 11 is 11.9. The van der Waals surface area contributed by atoms with Crippen LogP contribution in [0, 0.1) is 0 Å². The largest absolute Gasteiger partial charge is 0.416 e. The Balaban J connectivity index is 1.30. The van der Waals surface area contributed by atoms with Gasteiger partial charge in [0.15, 0.2) is 5.82 Å². The molecule has 4 aromatic rings. The highest BCUT2D eigenvalue weighted by atomic mass is 35.5. The van der Waals surface area contributed by atoms with Crippen LogP contribution in [0.1, 0.15) is 27.0 Å². The molecule has 1 aliphatic heterocycles. The van der Waals surface area contributed by atoms with E-state index in [1.54, 1.807) is 30.5 Å². The van der Waals surface area contributed by atoms with Crippen molar-refractivity contribution in [3.63, 3.8) is 0 Å². The normalized spacial score (nSPS) is 13.0.